The number of aromatic nitrogens is 2. The maximum Gasteiger partial charge on any atom is 0.217 e. The van der Waals surface area contributed by atoms with Crippen LogP contribution in [0.4, 0.5) is 0 Å². The van der Waals surface area contributed by atoms with Crippen LogP contribution in [0.3, 0.4) is 0 Å². The fraction of sp³-hybridized carbons (Fsp3) is 0.579. The van der Waals surface area contributed by atoms with Crippen LogP contribution in [0.25, 0.3) is 0 Å². The molecule has 2 aromatic rings. The molecule has 1 atom stereocenters. The summed E-state index contributed by atoms with van der Waals surface area (Å²) in [6.07, 6.45) is 2.83. The van der Waals surface area contributed by atoms with E-state index in [0.717, 1.165) is 55.5 Å². The molecular formula is C19H25N3O3S. The number of hydrogen-bond acceptors (Lipinski definition) is 7. The Bertz CT molecular complexity index is 745. The zero-order chi connectivity index (χ0) is 18.0. The van der Waals surface area contributed by atoms with Crippen molar-refractivity contribution in [2.45, 2.75) is 32.1 Å². The number of methoxy groups -OCH3 is 1. The van der Waals surface area contributed by atoms with Crippen molar-refractivity contribution in [1.29, 1.82) is 0 Å². The van der Waals surface area contributed by atoms with Crippen LogP contribution in [0.1, 0.15) is 22.7 Å². The number of pyridine rings is 1. The average Bonchev–Trinajstić information content (AvgIpc) is 3.22. The third kappa shape index (κ3) is 3.62. The first-order chi connectivity index (χ1) is 12.7. The number of ether oxygens (including phenoxy) is 3. The molecule has 0 radical (unpaired) electrons. The van der Waals surface area contributed by atoms with Gasteiger partial charge in [-0.1, -0.05) is 6.07 Å². The minimum atomic E-state index is -0.0482. The standard InChI is InChI=1S/C19H25N3O3S/c1-14-21-17(11-26-14)10-24-9-16-5-7-25-19(16)12-22(13-19)8-15-4-3-6-20-18(15)23-2/h3-4,6,11,16H,5,7-10,12-13H2,1-2H3. The topological polar surface area (TPSA) is 56.7 Å². The molecule has 1 spiro atoms. The molecule has 2 aromatic heterocycles. The molecule has 2 saturated heterocycles. The quantitative estimate of drug-likeness (QED) is 0.742. The van der Waals surface area contributed by atoms with Crippen LogP contribution in [0, 0.1) is 12.8 Å². The summed E-state index contributed by atoms with van der Waals surface area (Å²) >= 11 is 1.67. The zero-order valence-corrected chi connectivity index (χ0v) is 16.1. The van der Waals surface area contributed by atoms with Crippen molar-refractivity contribution in [3.8, 4) is 5.88 Å². The Kier molecular flexibility index (Phi) is 5.22. The van der Waals surface area contributed by atoms with Crippen molar-refractivity contribution in [2.75, 3.05) is 33.4 Å². The Morgan fingerprint density at radius 2 is 2.31 bits per heavy atom. The second-order valence-corrected chi connectivity index (χ2v) is 8.15. The second kappa shape index (κ2) is 7.60. The predicted octanol–water partition coefficient (Wildman–Crippen LogP) is 2.66. The Labute approximate surface area is 158 Å². The van der Waals surface area contributed by atoms with Gasteiger partial charge < -0.3 is 14.2 Å². The largest absolute Gasteiger partial charge is 0.481 e. The molecule has 6 nitrogen and oxygen atoms in total. The summed E-state index contributed by atoms with van der Waals surface area (Å²) in [5.74, 6) is 1.16. The van der Waals surface area contributed by atoms with E-state index in [4.69, 9.17) is 14.2 Å². The SMILES string of the molecule is COc1ncccc1CN1CC2(C1)OCCC2COCc1csc(C)n1. The van der Waals surface area contributed by atoms with Crippen LogP contribution < -0.4 is 4.74 Å². The van der Waals surface area contributed by atoms with Crippen LogP contribution in [-0.4, -0.2) is 53.9 Å². The lowest BCUT2D eigenvalue weighted by Crippen LogP contribution is -2.64. The van der Waals surface area contributed by atoms with Crippen molar-refractivity contribution in [1.82, 2.24) is 14.9 Å². The molecule has 26 heavy (non-hydrogen) atoms. The maximum absolute atomic E-state index is 6.14. The van der Waals surface area contributed by atoms with Crippen molar-refractivity contribution in [3.05, 3.63) is 40.0 Å². The van der Waals surface area contributed by atoms with Gasteiger partial charge in [0, 0.05) is 49.3 Å². The van der Waals surface area contributed by atoms with Gasteiger partial charge in [0.15, 0.2) is 0 Å². The van der Waals surface area contributed by atoms with Gasteiger partial charge in [0.1, 0.15) is 0 Å². The first-order valence-corrected chi connectivity index (χ1v) is 9.89. The van der Waals surface area contributed by atoms with Crippen LogP contribution >= 0.6 is 11.3 Å². The molecule has 2 fully saturated rings. The maximum atomic E-state index is 6.14. The first-order valence-electron chi connectivity index (χ1n) is 9.01. The number of aryl methyl sites for hydroxylation is 1. The summed E-state index contributed by atoms with van der Waals surface area (Å²) in [6, 6.07) is 4.03. The van der Waals surface area contributed by atoms with Crippen LogP contribution in [-0.2, 0) is 22.6 Å². The van der Waals surface area contributed by atoms with Gasteiger partial charge in [-0.3, -0.25) is 4.90 Å². The van der Waals surface area contributed by atoms with Crippen LogP contribution in [0.15, 0.2) is 23.7 Å². The number of likely N-dealkylation sites (tertiary alicyclic amines) is 1. The highest BCUT2D eigenvalue weighted by Crippen LogP contribution is 2.41. The van der Waals surface area contributed by atoms with Gasteiger partial charge >= 0.3 is 0 Å². The van der Waals surface area contributed by atoms with E-state index in [1.165, 1.54) is 0 Å². The molecule has 0 saturated carbocycles. The minimum Gasteiger partial charge on any atom is -0.481 e. The normalized spacial score (nSPS) is 21.8. The zero-order valence-electron chi connectivity index (χ0n) is 15.3. The van der Waals surface area contributed by atoms with Gasteiger partial charge in [0.05, 0.1) is 36.6 Å². The molecule has 0 bridgehead atoms. The van der Waals surface area contributed by atoms with E-state index < -0.39 is 0 Å². The monoisotopic (exact) mass is 375 g/mol. The molecule has 0 aromatic carbocycles. The molecule has 140 valence electrons. The van der Waals surface area contributed by atoms with Gasteiger partial charge in [0.2, 0.25) is 5.88 Å². The lowest BCUT2D eigenvalue weighted by molar-refractivity contribution is -0.146. The smallest absolute Gasteiger partial charge is 0.217 e. The summed E-state index contributed by atoms with van der Waals surface area (Å²) in [6.45, 7) is 6.90. The molecular weight excluding hydrogens is 350 g/mol. The van der Waals surface area contributed by atoms with E-state index in [0.29, 0.717) is 18.4 Å². The van der Waals surface area contributed by atoms with Crippen molar-refractivity contribution < 1.29 is 14.2 Å². The predicted molar refractivity (Wildman–Crippen MR) is 99.4 cm³/mol. The van der Waals surface area contributed by atoms with E-state index in [-0.39, 0.29) is 5.60 Å². The Morgan fingerprint density at radius 3 is 3.08 bits per heavy atom. The van der Waals surface area contributed by atoms with E-state index in [9.17, 15) is 0 Å². The molecule has 2 aliphatic rings. The average molecular weight is 375 g/mol. The third-order valence-electron chi connectivity index (χ3n) is 5.26. The fourth-order valence-electron chi connectivity index (χ4n) is 3.94. The highest BCUT2D eigenvalue weighted by atomic mass is 32.1. The molecule has 4 heterocycles. The highest BCUT2D eigenvalue weighted by Gasteiger charge is 2.52. The number of thiazole rings is 1. The van der Waals surface area contributed by atoms with Gasteiger partial charge in [-0.2, -0.15) is 0 Å². The van der Waals surface area contributed by atoms with Crippen molar-refractivity contribution in [3.63, 3.8) is 0 Å². The Morgan fingerprint density at radius 1 is 1.42 bits per heavy atom. The Hall–Kier alpha value is -1.54. The third-order valence-corrected chi connectivity index (χ3v) is 6.08. The fourth-order valence-corrected chi connectivity index (χ4v) is 4.54. The molecule has 1 unspecified atom stereocenters. The van der Waals surface area contributed by atoms with E-state index in [1.54, 1.807) is 24.6 Å². The van der Waals surface area contributed by atoms with Crippen molar-refractivity contribution >= 4 is 11.3 Å². The first kappa shape index (κ1) is 17.9. The van der Waals surface area contributed by atoms with Gasteiger partial charge in [-0.05, 0) is 19.4 Å². The lowest BCUT2D eigenvalue weighted by Gasteiger charge is -2.50. The van der Waals surface area contributed by atoms with Crippen molar-refractivity contribution in [2.24, 2.45) is 5.92 Å². The summed E-state index contributed by atoms with van der Waals surface area (Å²) in [5, 5.41) is 3.16. The molecule has 4 rings (SSSR count). The number of nitrogens with zero attached hydrogens (tertiary/aromatic N) is 3. The second-order valence-electron chi connectivity index (χ2n) is 7.09. The summed E-state index contributed by atoms with van der Waals surface area (Å²) in [5.41, 5.74) is 2.10. The molecule has 0 aliphatic carbocycles. The molecule has 7 heteroatoms. The summed E-state index contributed by atoms with van der Waals surface area (Å²) < 4.78 is 17.4. The van der Waals surface area contributed by atoms with E-state index in [1.807, 2.05) is 13.0 Å². The molecule has 2 aliphatic heterocycles. The van der Waals surface area contributed by atoms with Gasteiger partial charge in [-0.15, -0.1) is 11.3 Å². The number of rotatable bonds is 7. The molecule has 0 amide bonds. The van der Waals surface area contributed by atoms with Gasteiger partial charge in [0.25, 0.3) is 0 Å². The summed E-state index contributed by atoms with van der Waals surface area (Å²) in [7, 11) is 1.67. The van der Waals surface area contributed by atoms with E-state index >= 15 is 0 Å². The van der Waals surface area contributed by atoms with E-state index in [2.05, 4.69) is 26.3 Å². The Balaban J connectivity index is 1.29. The summed E-state index contributed by atoms with van der Waals surface area (Å²) in [4.78, 5) is 11.1. The lowest BCUT2D eigenvalue weighted by atomic mass is 9.81. The molecule has 0 N–H and O–H groups in total. The minimum absolute atomic E-state index is 0.0482. The van der Waals surface area contributed by atoms with Crippen LogP contribution in [0.2, 0.25) is 0 Å². The highest BCUT2D eigenvalue weighted by molar-refractivity contribution is 7.09. The van der Waals surface area contributed by atoms with Gasteiger partial charge in [-0.25, -0.2) is 9.97 Å². The van der Waals surface area contributed by atoms with Crippen LogP contribution in [0.5, 0.6) is 5.88 Å². The number of hydrogen-bond donors (Lipinski definition) is 0.